The van der Waals surface area contributed by atoms with Gasteiger partial charge in [0.05, 0.1) is 17.4 Å². The molecule has 0 atom stereocenters. The Kier molecular flexibility index (Phi) is 5.94. The van der Waals surface area contributed by atoms with Crippen LogP contribution in [0.15, 0.2) is 36.7 Å². The Morgan fingerprint density at radius 1 is 1.19 bits per heavy atom. The zero-order chi connectivity index (χ0) is 22.9. The molecule has 2 amide bonds. The second-order valence-corrected chi connectivity index (χ2v) is 8.21. The monoisotopic (exact) mass is 446 g/mol. The topological polar surface area (TPSA) is 75.1 Å². The maximum absolute atomic E-state index is 13.2. The number of hydrogen-bond donors (Lipinski definition) is 2. The Hall–Kier alpha value is -3.30. The molecule has 32 heavy (non-hydrogen) atoms. The summed E-state index contributed by atoms with van der Waals surface area (Å²) in [7, 11) is 1.86. The number of aromatic nitrogens is 3. The van der Waals surface area contributed by atoms with Crippen molar-refractivity contribution in [2.45, 2.75) is 32.5 Å². The van der Waals surface area contributed by atoms with Crippen LogP contribution in [-0.2, 0) is 19.8 Å². The van der Waals surface area contributed by atoms with Crippen molar-refractivity contribution in [3.8, 4) is 0 Å². The number of nitrogens with one attached hydrogen (secondary N) is 2. The highest BCUT2D eigenvalue weighted by molar-refractivity contribution is 5.92. The number of nitrogens with zero attached hydrogens (tertiary/aromatic N) is 4. The molecule has 170 valence electrons. The number of alkyl halides is 3. The molecular weight excluding hydrogens is 421 g/mol. The first-order chi connectivity index (χ1) is 15.2. The number of amides is 2. The Balaban J connectivity index is 1.48. The summed E-state index contributed by atoms with van der Waals surface area (Å²) in [5.74, 6) is 0.810. The molecule has 0 unspecified atom stereocenters. The van der Waals surface area contributed by atoms with Crippen LogP contribution in [0, 0.1) is 5.92 Å². The van der Waals surface area contributed by atoms with Crippen LogP contribution in [0.25, 0.3) is 11.0 Å². The number of benzene rings is 1. The van der Waals surface area contributed by atoms with Crippen LogP contribution < -0.4 is 15.5 Å². The molecule has 4 rings (SSSR count). The number of aryl methyl sites for hydroxylation is 1. The third-order valence-electron chi connectivity index (χ3n) is 5.75. The van der Waals surface area contributed by atoms with Gasteiger partial charge in [0.25, 0.3) is 0 Å². The van der Waals surface area contributed by atoms with Gasteiger partial charge in [-0.15, -0.1) is 0 Å². The van der Waals surface area contributed by atoms with Crippen molar-refractivity contribution in [1.29, 1.82) is 0 Å². The summed E-state index contributed by atoms with van der Waals surface area (Å²) in [6.45, 7) is 3.47. The molecule has 2 N–H and O–H groups in total. The molecule has 0 aliphatic carbocycles. The van der Waals surface area contributed by atoms with Crippen LogP contribution in [0.5, 0.6) is 0 Å². The SMILES string of the molecule is CC1CCN(c2nc(C(F)(F)F)ccc2CNC(=O)Nc2ccc3ncn(C)c3c2)CC1. The molecule has 1 fully saturated rings. The van der Waals surface area contributed by atoms with E-state index in [-0.39, 0.29) is 12.4 Å². The number of imidazole rings is 1. The highest BCUT2D eigenvalue weighted by Gasteiger charge is 2.34. The number of pyridine rings is 1. The lowest BCUT2D eigenvalue weighted by molar-refractivity contribution is -0.141. The summed E-state index contributed by atoms with van der Waals surface area (Å²) in [5.41, 5.74) is 1.90. The van der Waals surface area contributed by atoms with Gasteiger partial charge in [-0.2, -0.15) is 13.2 Å². The van der Waals surface area contributed by atoms with Crippen molar-refractivity contribution in [3.05, 3.63) is 47.9 Å². The smallest absolute Gasteiger partial charge is 0.356 e. The Morgan fingerprint density at radius 3 is 2.66 bits per heavy atom. The highest BCUT2D eigenvalue weighted by Crippen LogP contribution is 2.32. The van der Waals surface area contributed by atoms with Gasteiger partial charge in [0.2, 0.25) is 0 Å². The molecule has 0 radical (unpaired) electrons. The van der Waals surface area contributed by atoms with E-state index in [1.54, 1.807) is 18.5 Å². The molecule has 1 aliphatic heterocycles. The molecule has 0 bridgehead atoms. The van der Waals surface area contributed by atoms with Gasteiger partial charge in [0.15, 0.2) is 0 Å². The lowest BCUT2D eigenvalue weighted by Crippen LogP contribution is -2.35. The van der Waals surface area contributed by atoms with E-state index in [9.17, 15) is 18.0 Å². The number of fused-ring (bicyclic) bond motifs is 1. The maximum atomic E-state index is 13.2. The predicted molar refractivity (Wildman–Crippen MR) is 116 cm³/mol. The zero-order valence-electron chi connectivity index (χ0n) is 17.9. The van der Waals surface area contributed by atoms with Crippen LogP contribution in [-0.4, -0.2) is 33.7 Å². The lowest BCUT2D eigenvalue weighted by Gasteiger charge is -2.33. The van der Waals surface area contributed by atoms with Gasteiger partial charge in [-0.05, 0) is 43.0 Å². The van der Waals surface area contributed by atoms with Crippen molar-refractivity contribution in [2.24, 2.45) is 13.0 Å². The zero-order valence-corrected chi connectivity index (χ0v) is 17.9. The summed E-state index contributed by atoms with van der Waals surface area (Å²) in [4.78, 5) is 22.5. The molecule has 3 heterocycles. The van der Waals surface area contributed by atoms with Crippen molar-refractivity contribution in [2.75, 3.05) is 23.3 Å². The number of halogens is 3. The number of carbonyl (C=O) groups is 1. The van der Waals surface area contributed by atoms with Gasteiger partial charge >= 0.3 is 12.2 Å². The summed E-state index contributed by atoms with van der Waals surface area (Å²) < 4.78 is 41.5. The summed E-state index contributed by atoms with van der Waals surface area (Å²) >= 11 is 0. The molecule has 1 aromatic carbocycles. The van der Waals surface area contributed by atoms with E-state index in [0.717, 1.165) is 29.9 Å². The number of piperidine rings is 1. The molecule has 3 aromatic rings. The Bertz CT molecular complexity index is 1120. The number of rotatable bonds is 4. The Morgan fingerprint density at radius 2 is 1.94 bits per heavy atom. The standard InChI is InChI=1S/C22H25F3N6O/c1-14-7-9-31(10-8-14)20-15(3-6-19(29-20)22(23,24)25)12-26-21(32)28-16-4-5-17-18(11-16)30(2)13-27-17/h3-6,11,13-14H,7-10,12H2,1-2H3,(H2,26,28,32). The molecule has 10 heteroatoms. The molecule has 0 spiro atoms. The first kappa shape index (κ1) is 21.9. The first-order valence-corrected chi connectivity index (χ1v) is 10.5. The van der Waals surface area contributed by atoms with Crippen LogP contribution in [0.1, 0.15) is 31.0 Å². The number of urea groups is 1. The van der Waals surface area contributed by atoms with E-state index in [2.05, 4.69) is 27.5 Å². The van der Waals surface area contributed by atoms with E-state index in [1.165, 1.54) is 6.07 Å². The fourth-order valence-corrected chi connectivity index (χ4v) is 3.82. The number of anilines is 2. The second-order valence-electron chi connectivity index (χ2n) is 8.21. The lowest BCUT2D eigenvalue weighted by atomic mass is 9.99. The summed E-state index contributed by atoms with van der Waals surface area (Å²) in [6, 6.07) is 7.26. The maximum Gasteiger partial charge on any atom is 0.433 e. The van der Waals surface area contributed by atoms with Crippen LogP contribution in [0.3, 0.4) is 0 Å². The van der Waals surface area contributed by atoms with Gasteiger partial charge in [0.1, 0.15) is 11.5 Å². The fraction of sp³-hybridized carbons (Fsp3) is 0.409. The normalized spacial score (nSPS) is 15.2. The predicted octanol–water partition coefficient (Wildman–Crippen LogP) is 4.55. The highest BCUT2D eigenvalue weighted by atomic mass is 19.4. The van der Waals surface area contributed by atoms with Gasteiger partial charge in [-0.3, -0.25) is 0 Å². The minimum Gasteiger partial charge on any atom is -0.356 e. The van der Waals surface area contributed by atoms with Crippen LogP contribution in [0.2, 0.25) is 0 Å². The van der Waals surface area contributed by atoms with Crippen molar-refractivity contribution in [1.82, 2.24) is 19.9 Å². The van der Waals surface area contributed by atoms with Gasteiger partial charge in [-0.1, -0.05) is 13.0 Å². The number of carbonyl (C=O) groups excluding carboxylic acids is 1. The van der Waals surface area contributed by atoms with E-state index >= 15 is 0 Å². The van der Waals surface area contributed by atoms with E-state index in [0.29, 0.717) is 30.3 Å². The largest absolute Gasteiger partial charge is 0.433 e. The van der Waals surface area contributed by atoms with E-state index in [4.69, 9.17) is 0 Å². The van der Waals surface area contributed by atoms with Crippen LogP contribution >= 0.6 is 0 Å². The molecule has 2 aromatic heterocycles. The third kappa shape index (κ3) is 4.79. The fourth-order valence-electron chi connectivity index (χ4n) is 3.82. The minimum atomic E-state index is -4.52. The third-order valence-corrected chi connectivity index (χ3v) is 5.75. The minimum absolute atomic E-state index is 0.0618. The average Bonchev–Trinajstić information content (AvgIpc) is 3.12. The second kappa shape index (κ2) is 8.68. The van der Waals surface area contributed by atoms with Crippen LogP contribution in [0.4, 0.5) is 29.5 Å². The quantitative estimate of drug-likeness (QED) is 0.617. The molecule has 1 saturated heterocycles. The van der Waals surface area contributed by atoms with Crippen molar-refractivity contribution < 1.29 is 18.0 Å². The van der Waals surface area contributed by atoms with Gasteiger partial charge in [0, 0.05) is 37.9 Å². The molecule has 7 nitrogen and oxygen atoms in total. The molecular formula is C22H25F3N6O. The number of hydrogen-bond acceptors (Lipinski definition) is 4. The van der Waals surface area contributed by atoms with Crippen molar-refractivity contribution in [3.63, 3.8) is 0 Å². The van der Waals surface area contributed by atoms with Crippen molar-refractivity contribution >= 4 is 28.6 Å². The molecule has 0 saturated carbocycles. The van der Waals surface area contributed by atoms with E-state index < -0.39 is 17.9 Å². The van der Waals surface area contributed by atoms with Gasteiger partial charge < -0.3 is 20.1 Å². The Labute approximate surface area is 183 Å². The average molecular weight is 446 g/mol. The summed E-state index contributed by atoms with van der Waals surface area (Å²) in [5, 5.41) is 5.49. The molecule has 1 aliphatic rings. The van der Waals surface area contributed by atoms with E-state index in [1.807, 2.05) is 22.6 Å². The first-order valence-electron chi connectivity index (χ1n) is 10.5. The summed E-state index contributed by atoms with van der Waals surface area (Å²) in [6.07, 6.45) is -1.05. The van der Waals surface area contributed by atoms with Gasteiger partial charge in [-0.25, -0.2) is 14.8 Å².